The van der Waals surface area contributed by atoms with E-state index in [1.165, 1.54) is 0 Å². The molecule has 0 N–H and O–H groups in total. The van der Waals surface area contributed by atoms with Crippen LogP contribution < -0.4 is 4.74 Å². The van der Waals surface area contributed by atoms with Gasteiger partial charge in [-0.1, -0.05) is 12.0 Å². The molecular weight excluding hydrogens is 252 g/mol. The number of carbonyl (C=O) groups excluding carboxylic acids is 1. The van der Waals surface area contributed by atoms with Crippen molar-refractivity contribution < 1.29 is 18.3 Å². The second kappa shape index (κ2) is 5.27. The maximum Gasteiger partial charge on any atom is 0.267 e. The number of alkyl halides is 2. The number of likely N-dealkylation sites (tertiary alicyclic amines) is 1. The number of halogens is 2. The molecule has 0 aromatic heterocycles. The average molecular weight is 265 g/mol. The summed E-state index contributed by atoms with van der Waals surface area (Å²) in [6.45, 7) is -0.719. The molecule has 0 radical (unpaired) electrons. The average Bonchev–Trinajstić information content (AvgIpc) is 2.76. The fourth-order valence-corrected chi connectivity index (χ4v) is 1.86. The first kappa shape index (κ1) is 13.3. The van der Waals surface area contributed by atoms with E-state index in [-0.39, 0.29) is 19.6 Å². The van der Waals surface area contributed by atoms with Crippen LogP contribution in [0.5, 0.6) is 5.75 Å². The fraction of sp³-hybridized carbons (Fsp3) is 0.357. The van der Waals surface area contributed by atoms with E-state index in [0.29, 0.717) is 11.3 Å². The lowest BCUT2D eigenvalue weighted by Crippen LogP contribution is -2.34. The number of amides is 1. The van der Waals surface area contributed by atoms with E-state index >= 15 is 0 Å². The normalized spacial score (nSPS) is 17.0. The minimum atomic E-state index is -2.78. The lowest BCUT2D eigenvalue weighted by molar-refractivity contribution is -0.133. The van der Waals surface area contributed by atoms with Gasteiger partial charge in [0.1, 0.15) is 5.75 Å². The van der Waals surface area contributed by atoms with Gasteiger partial charge in [0.15, 0.2) is 6.61 Å². The molecule has 0 spiro atoms. The standard InChI is InChI=1S/C14H13F2NO2/c1-2-11-4-3-5-12(8-11)19-9-13(18)17-7-6-14(15,16)10-17/h1,3-5,8H,6-7,9-10H2. The first-order chi connectivity index (χ1) is 9.00. The number of nitrogens with zero attached hydrogens (tertiary/aromatic N) is 1. The minimum absolute atomic E-state index is 0.0690. The summed E-state index contributed by atoms with van der Waals surface area (Å²) in [6.07, 6.45) is 4.95. The van der Waals surface area contributed by atoms with Crippen LogP contribution in [0, 0.1) is 12.3 Å². The SMILES string of the molecule is C#Cc1cccc(OCC(=O)N2CCC(F)(F)C2)c1. The van der Waals surface area contributed by atoms with Gasteiger partial charge in [-0.3, -0.25) is 4.79 Å². The van der Waals surface area contributed by atoms with Crippen molar-refractivity contribution in [1.82, 2.24) is 4.90 Å². The van der Waals surface area contributed by atoms with Gasteiger partial charge in [-0.15, -0.1) is 6.42 Å². The number of terminal acetylenes is 1. The van der Waals surface area contributed by atoms with Crippen LogP contribution in [0.3, 0.4) is 0 Å². The molecule has 3 nitrogen and oxygen atoms in total. The Morgan fingerprint density at radius 2 is 2.32 bits per heavy atom. The molecule has 1 fully saturated rings. The van der Waals surface area contributed by atoms with Crippen molar-refractivity contribution in [3.63, 3.8) is 0 Å². The van der Waals surface area contributed by atoms with Crippen molar-refractivity contribution in [2.24, 2.45) is 0 Å². The molecule has 100 valence electrons. The molecule has 0 atom stereocenters. The van der Waals surface area contributed by atoms with Crippen LogP contribution in [0.1, 0.15) is 12.0 Å². The summed E-state index contributed by atoms with van der Waals surface area (Å²) in [5.41, 5.74) is 0.637. The van der Waals surface area contributed by atoms with Crippen LogP contribution in [0.2, 0.25) is 0 Å². The van der Waals surface area contributed by atoms with Crippen molar-refractivity contribution in [3.8, 4) is 18.1 Å². The highest BCUT2D eigenvalue weighted by atomic mass is 19.3. The van der Waals surface area contributed by atoms with E-state index in [1.54, 1.807) is 24.3 Å². The van der Waals surface area contributed by atoms with E-state index in [9.17, 15) is 13.6 Å². The second-order valence-corrected chi connectivity index (χ2v) is 4.38. The number of ether oxygens (including phenoxy) is 1. The maximum absolute atomic E-state index is 13.0. The van der Waals surface area contributed by atoms with Crippen LogP contribution in [-0.2, 0) is 4.79 Å². The van der Waals surface area contributed by atoms with E-state index < -0.39 is 18.4 Å². The number of rotatable bonds is 3. The molecule has 1 amide bonds. The van der Waals surface area contributed by atoms with Crippen LogP contribution in [0.4, 0.5) is 8.78 Å². The number of benzene rings is 1. The summed E-state index contributed by atoms with van der Waals surface area (Å²) in [5.74, 6) is -0.320. The summed E-state index contributed by atoms with van der Waals surface area (Å²) < 4.78 is 31.2. The largest absolute Gasteiger partial charge is 0.484 e. The molecule has 1 aliphatic rings. The van der Waals surface area contributed by atoms with Gasteiger partial charge in [-0.25, -0.2) is 8.78 Å². The molecule has 0 saturated carbocycles. The van der Waals surface area contributed by atoms with Crippen LogP contribution in [-0.4, -0.2) is 36.4 Å². The topological polar surface area (TPSA) is 29.5 Å². The molecular formula is C14H13F2NO2. The van der Waals surface area contributed by atoms with Crippen molar-refractivity contribution in [3.05, 3.63) is 29.8 Å². The summed E-state index contributed by atoms with van der Waals surface area (Å²) >= 11 is 0. The third kappa shape index (κ3) is 3.44. The Labute approximate surface area is 110 Å². The van der Waals surface area contributed by atoms with Gasteiger partial charge >= 0.3 is 0 Å². The van der Waals surface area contributed by atoms with Gasteiger partial charge < -0.3 is 9.64 Å². The summed E-state index contributed by atoms with van der Waals surface area (Å²) in [4.78, 5) is 12.8. The summed E-state index contributed by atoms with van der Waals surface area (Å²) in [5, 5.41) is 0. The smallest absolute Gasteiger partial charge is 0.267 e. The van der Waals surface area contributed by atoms with E-state index in [4.69, 9.17) is 11.2 Å². The minimum Gasteiger partial charge on any atom is -0.484 e. The third-order valence-corrected chi connectivity index (χ3v) is 2.89. The third-order valence-electron chi connectivity index (χ3n) is 2.89. The summed E-state index contributed by atoms with van der Waals surface area (Å²) in [7, 11) is 0. The molecule has 19 heavy (non-hydrogen) atoms. The van der Waals surface area contributed by atoms with Gasteiger partial charge in [0.25, 0.3) is 11.8 Å². The van der Waals surface area contributed by atoms with Gasteiger partial charge in [0.2, 0.25) is 0 Å². The molecule has 0 aliphatic carbocycles. The van der Waals surface area contributed by atoms with E-state index in [1.807, 2.05) is 0 Å². The molecule has 5 heteroatoms. The zero-order valence-corrected chi connectivity index (χ0v) is 10.2. The molecule has 1 aliphatic heterocycles. The number of hydrogen-bond acceptors (Lipinski definition) is 2. The molecule has 0 bridgehead atoms. The monoisotopic (exact) mass is 265 g/mol. The summed E-state index contributed by atoms with van der Waals surface area (Å²) in [6, 6.07) is 6.72. The number of hydrogen-bond donors (Lipinski definition) is 0. The Morgan fingerprint density at radius 3 is 2.95 bits per heavy atom. The lowest BCUT2D eigenvalue weighted by atomic mass is 10.2. The second-order valence-electron chi connectivity index (χ2n) is 4.38. The Kier molecular flexibility index (Phi) is 3.70. The maximum atomic E-state index is 13.0. The predicted molar refractivity (Wildman–Crippen MR) is 66.0 cm³/mol. The molecule has 2 rings (SSSR count). The highest BCUT2D eigenvalue weighted by Crippen LogP contribution is 2.26. The number of carbonyl (C=O) groups is 1. The first-order valence-corrected chi connectivity index (χ1v) is 5.85. The molecule has 1 heterocycles. The van der Waals surface area contributed by atoms with Crippen LogP contribution in [0.25, 0.3) is 0 Å². The quantitative estimate of drug-likeness (QED) is 0.781. The van der Waals surface area contributed by atoms with Gasteiger partial charge in [0, 0.05) is 18.5 Å². The van der Waals surface area contributed by atoms with Crippen molar-refractivity contribution in [2.75, 3.05) is 19.7 Å². The highest BCUT2D eigenvalue weighted by molar-refractivity contribution is 5.78. The zero-order chi connectivity index (χ0) is 13.9. The lowest BCUT2D eigenvalue weighted by Gasteiger charge is -2.16. The van der Waals surface area contributed by atoms with Crippen molar-refractivity contribution >= 4 is 5.91 Å². The van der Waals surface area contributed by atoms with Gasteiger partial charge in [0.05, 0.1) is 6.54 Å². The predicted octanol–water partition coefficient (Wildman–Crippen LogP) is 1.91. The van der Waals surface area contributed by atoms with Crippen molar-refractivity contribution in [2.45, 2.75) is 12.3 Å². The molecule has 1 saturated heterocycles. The Balaban J connectivity index is 1.89. The van der Waals surface area contributed by atoms with E-state index in [0.717, 1.165) is 4.90 Å². The van der Waals surface area contributed by atoms with Crippen LogP contribution >= 0.6 is 0 Å². The molecule has 1 aromatic rings. The Bertz CT molecular complexity index is 522. The Morgan fingerprint density at radius 1 is 1.53 bits per heavy atom. The van der Waals surface area contributed by atoms with Crippen LogP contribution in [0.15, 0.2) is 24.3 Å². The zero-order valence-electron chi connectivity index (χ0n) is 10.2. The van der Waals surface area contributed by atoms with Crippen molar-refractivity contribution in [1.29, 1.82) is 0 Å². The van der Waals surface area contributed by atoms with Gasteiger partial charge in [-0.2, -0.15) is 0 Å². The molecule has 1 aromatic carbocycles. The van der Waals surface area contributed by atoms with Gasteiger partial charge in [-0.05, 0) is 18.2 Å². The molecule has 0 unspecified atom stereocenters. The first-order valence-electron chi connectivity index (χ1n) is 5.85. The Hall–Kier alpha value is -2.09. The fourth-order valence-electron chi connectivity index (χ4n) is 1.86. The van der Waals surface area contributed by atoms with E-state index in [2.05, 4.69) is 5.92 Å². The highest BCUT2D eigenvalue weighted by Gasteiger charge is 2.40.